The van der Waals surface area contributed by atoms with Crippen LogP contribution in [0, 0.1) is 0 Å². The van der Waals surface area contributed by atoms with E-state index in [2.05, 4.69) is 15.6 Å². The summed E-state index contributed by atoms with van der Waals surface area (Å²) in [5.41, 5.74) is 1.94. The zero-order chi connectivity index (χ0) is 11.1. The Balaban J connectivity index is 2.13. The van der Waals surface area contributed by atoms with Crippen molar-refractivity contribution in [3.05, 3.63) is 36.0 Å². The molecular weight excluding hydrogens is 222 g/mol. The summed E-state index contributed by atoms with van der Waals surface area (Å²) in [5, 5.41) is 6.97. The summed E-state index contributed by atoms with van der Waals surface area (Å²) in [6.45, 7) is 0. The normalized spacial score (nSPS) is 19.9. The monoisotopic (exact) mass is 231 g/mol. The first-order valence-corrected chi connectivity index (χ1v) is 5.34. The molecule has 5 heteroatoms. The topological polar surface area (TPSA) is 56.9 Å². The molecule has 0 saturated carbocycles. The fraction of sp³-hybridized carbons (Fsp3) is 0.0909. The number of nitrogens with one attached hydrogen (secondary N) is 3. The molecule has 1 fully saturated rings. The maximum absolute atomic E-state index is 11.7. The standard InChI is InChI=1S/C11H9N3OS/c15-10-9(13-11(16)14-10)7-5-12-8-4-2-1-3-6(7)8/h1-5,9,12H,(H2,13,14,15,16). The molecule has 0 radical (unpaired) electrons. The van der Waals surface area contributed by atoms with Gasteiger partial charge in [-0.1, -0.05) is 18.2 Å². The average Bonchev–Trinajstić information content (AvgIpc) is 2.81. The van der Waals surface area contributed by atoms with Crippen molar-refractivity contribution in [2.45, 2.75) is 6.04 Å². The Morgan fingerprint density at radius 2 is 2.06 bits per heavy atom. The molecule has 1 aromatic carbocycles. The molecule has 1 aliphatic rings. The average molecular weight is 231 g/mol. The third-order valence-electron chi connectivity index (χ3n) is 2.71. The lowest BCUT2D eigenvalue weighted by atomic mass is 10.1. The summed E-state index contributed by atoms with van der Waals surface area (Å²) in [5.74, 6) is -0.102. The molecule has 80 valence electrons. The lowest BCUT2D eigenvalue weighted by Crippen LogP contribution is -2.21. The number of H-pyrrole nitrogens is 1. The first-order valence-electron chi connectivity index (χ1n) is 4.93. The largest absolute Gasteiger partial charge is 0.361 e. The predicted molar refractivity (Wildman–Crippen MR) is 64.9 cm³/mol. The number of aromatic nitrogens is 1. The second-order valence-electron chi connectivity index (χ2n) is 3.69. The lowest BCUT2D eigenvalue weighted by Gasteiger charge is -2.05. The number of para-hydroxylation sites is 1. The predicted octanol–water partition coefficient (Wildman–Crippen LogP) is 1.21. The Labute approximate surface area is 97.0 Å². The first-order chi connectivity index (χ1) is 7.75. The quantitative estimate of drug-likeness (QED) is 0.647. The summed E-state index contributed by atoms with van der Waals surface area (Å²) >= 11 is 4.92. The molecule has 2 heterocycles. The Kier molecular flexibility index (Phi) is 1.94. The molecular formula is C11H9N3OS. The van der Waals surface area contributed by atoms with Crippen molar-refractivity contribution in [3.8, 4) is 0 Å². The number of aromatic amines is 1. The molecule has 0 spiro atoms. The highest BCUT2D eigenvalue weighted by Crippen LogP contribution is 2.25. The van der Waals surface area contributed by atoms with E-state index in [-0.39, 0.29) is 11.9 Å². The number of benzene rings is 1. The highest BCUT2D eigenvalue weighted by molar-refractivity contribution is 7.80. The van der Waals surface area contributed by atoms with Crippen LogP contribution in [0.1, 0.15) is 11.6 Å². The molecule has 1 amide bonds. The Hall–Kier alpha value is -1.88. The number of amides is 1. The molecule has 1 aromatic heterocycles. The van der Waals surface area contributed by atoms with Gasteiger partial charge in [0.2, 0.25) is 0 Å². The van der Waals surface area contributed by atoms with Crippen LogP contribution in [-0.4, -0.2) is 16.0 Å². The molecule has 16 heavy (non-hydrogen) atoms. The van der Waals surface area contributed by atoms with Crippen LogP contribution in [0.15, 0.2) is 30.5 Å². The fourth-order valence-electron chi connectivity index (χ4n) is 1.97. The zero-order valence-electron chi connectivity index (χ0n) is 8.28. The van der Waals surface area contributed by atoms with Gasteiger partial charge in [0.15, 0.2) is 5.11 Å². The van der Waals surface area contributed by atoms with Crippen LogP contribution in [0.3, 0.4) is 0 Å². The van der Waals surface area contributed by atoms with Crippen LogP contribution in [-0.2, 0) is 4.79 Å². The van der Waals surface area contributed by atoms with Crippen molar-refractivity contribution < 1.29 is 4.79 Å². The van der Waals surface area contributed by atoms with Crippen LogP contribution < -0.4 is 10.6 Å². The molecule has 0 bridgehead atoms. The van der Waals surface area contributed by atoms with Gasteiger partial charge in [-0.15, -0.1) is 0 Å². The Morgan fingerprint density at radius 3 is 2.81 bits per heavy atom. The second-order valence-corrected chi connectivity index (χ2v) is 4.09. The molecule has 4 nitrogen and oxygen atoms in total. The number of thiocarbonyl (C=S) groups is 1. The van der Waals surface area contributed by atoms with Crippen molar-refractivity contribution >= 4 is 34.1 Å². The minimum Gasteiger partial charge on any atom is -0.361 e. The van der Waals surface area contributed by atoms with E-state index in [4.69, 9.17) is 12.2 Å². The van der Waals surface area contributed by atoms with Crippen LogP contribution >= 0.6 is 12.2 Å². The summed E-state index contributed by atoms with van der Waals surface area (Å²) in [6.07, 6.45) is 1.84. The molecule has 3 N–H and O–H groups in total. The SMILES string of the molecule is O=C1NC(=S)NC1c1c[nH]c2ccccc12. The van der Waals surface area contributed by atoms with Crippen LogP contribution in [0.25, 0.3) is 10.9 Å². The first kappa shape index (κ1) is 9.35. The van der Waals surface area contributed by atoms with E-state index >= 15 is 0 Å². The van der Waals surface area contributed by atoms with Crippen LogP contribution in [0.5, 0.6) is 0 Å². The number of hydrogen-bond donors (Lipinski definition) is 3. The van der Waals surface area contributed by atoms with E-state index in [0.29, 0.717) is 5.11 Å². The van der Waals surface area contributed by atoms with E-state index in [1.165, 1.54) is 0 Å². The summed E-state index contributed by atoms with van der Waals surface area (Å²) in [4.78, 5) is 14.8. The molecule has 1 saturated heterocycles. The van der Waals surface area contributed by atoms with E-state index < -0.39 is 0 Å². The summed E-state index contributed by atoms with van der Waals surface area (Å²) < 4.78 is 0. The van der Waals surface area contributed by atoms with E-state index in [1.54, 1.807) is 0 Å². The van der Waals surface area contributed by atoms with Gasteiger partial charge in [-0.05, 0) is 18.3 Å². The number of hydrogen-bond acceptors (Lipinski definition) is 2. The highest BCUT2D eigenvalue weighted by Gasteiger charge is 2.30. The van der Waals surface area contributed by atoms with Crippen molar-refractivity contribution in [2.75, 3.05) is 0 Å². The number of carbonyl (C=O) groups is 1. The van der Waals surface area contributed by atoms with Gasteiger partial charge in [-0.3, -0.25) is 4.79 Å². The Morgan fingerprint density at radius 1 is 1.25 bits per heavy atom. The number of fused-ring (bicyclic) bond motifs is 1. The van der Waals surface area contributed by atoms with Crippen LogP contribution in [0.2, 0.25) is 0 Å². The van der Waals surface area contributed by atoms with Crippen molar-refractivity contribution in [3.63, 3.8) is 0 Å². The van der Waals surface area contributed by atoms with Gasteiger partial charge in [0.1, 0.15) is 6.04 Å². The van der Waals surface area contributed by atoms with Gasteiger partial charge in [-0.25, -0.2) is 0 Å². The van der Waals surface area contributed by atoms with E-state index in [9.17, 15) is 4.79 Å². The molecule has 3 rings (SSSR count). The molecule has 1 atom stereocenters. The minimum atomic E-state index is -0.386. The van der Waals surface area contributed by atoms with Crippen molar-refractivity contribution in [1.29, 1.82) is 0 Å². The smallest absolute Gasteiger partial charge is 0.253 e. The highest BCUT2D eigenvalue weighted by atomic mass is 32.1. The van der Waals surface area contributed by atoms with Gasteiger partial charge in [0.05, 0.1) is 0 Å². The van der Waals surface area contributed by atoms with Crippen molar-refractivity contribution in [1.82, 2.24) is 15.6 Å². The minimum absolute atomic E-state index is 0.102. The van der Waals surface area contributed by atoms with Gasteiger partial charge in [-0.2, -0.15) is 0 Å². The zero-order valence-corrected chi connectivity index (χ0v) is 9.10. The molecule has 1 unspecified atom stereocenters. The van der Waals surface area contributed by atoms with Gasteiger partial charge in [0.25, 0.3) is 5.91 Å². The summed E-state index contributed by atoms with van der Waals surface area (Å²) in [7, 11) is 0. The summed E-state index contributed by atoms with van der Waals surface area (Å²) in [6, 6.07) is 7.48. The number of rotatable bonds is 1. The third-order valence-corrected chi connectivity index (χ3v) is 2.93. The third kappa shape index (κ3) is 1.29. The maximum Gasteiger partial charge on any atom is 0.253 e. The molecule has 1 aliphatic heterocycles. The Bertz CT molecular complexity index is 590. The molecule has 0 aliphatic carbocycles. The maximum atomic E-state index is 11.7. The van der Waals surface area contributed by atoms with E-state index in [0.717, 1.165) is 16.5 Å². The van der Waals surface area contributed by atoms with Gasteiger partial charge >= 0.3 is 0 Å². The molecule has 2 aromatic rings. The number of carbonyl (C=O) groups excluding carboxylic acids is 1. The van der Waals surface area contributed by atoms with E-state index in [1.807, 2.05) is 30.5 Å². The van der Waals surface area contributed by atoms with Crippen LogP contribution in [0.4, 0.5) is 0 Å². The fourth-order valence-corrected chi connectivity index (χ4v) is 2.19. The van der Waals surface area contributed by atoms with Gasteiger partial charge in [0, 0.05) is 22.7 Å². The van der Waals surface area contributed by atoms with Crippen molar-refractivity contribution in [2.24, 2.45) is 0 Å². The second kappa shape index (κ2) is 3.31. The lowest BCUT2D eigenvalue weighted by molar-refractivity contribution is -0.120. The van der Waals surface area contributed by atoms with Gasteiger partial charge < -0.3 is 15.6 Å².